The number of rotatable bonds is 2. The number of hydrogen-bond donors (Lipinski definition) is 1. The van der Waals surface area contributed by atoms with Crippen LogP contribution in [-0.4, -0.2) is 10.9 Å². The predicted molar refractivity (Wildman–Crippen MR) is 80.2 cm³/mol. The first-order valence-electron chi connectivity index (χ1n) is 6.20. The second-order valence-corrected chi connectivity index (χ2v) is 6.51. The monoisotopic (exact) mass is 314 g/mol. The third-order valence-electron chi connectivity index (χ3n) is 3.40. The molecule has 1 amide bonds. The van der Waals surface area contributed by atoms with Crippen LogP contribution in [0.5, 0.6) is 0 Å². The Labute approximate surface area is 124 Å². The van der Waals surface area contributed by atoms with Gasteiger partial charge in [-0.1, -0.05) is 47.4 Å². The number of anilines is 1. The summed E-state index contributed by atoms with van der Waals surface area (Å²) in [5, 5.41) is 4.61. The molecule has 1 aliphatic rings. The van der Waals surface area contributed by atoms with E-state index in [0.717, 1.165) is 30.4 Å². The second kappa shape index (κ2) is 5.27. The molecule has 2 aromatic rings. The van der Waals surface area contributed by atoms with Crippen LogP contribution >= 0.6 is 34.5 Å². The van der Waals surface area contributed by atoms with Crippen molar-refractivity contribution >= 4 is 55.8 Å². The van der Waals surface area contributed by atoms with Crippen molar-refractivity contribution in [1.82, 2.24) is 4.98 Å². The average Bonchev–Trinajstić information content (AvgIpc) is 3.02. The van der Waals surface area contributed by atoms with Gasteiger partial charge in [0.25, 0.3) is 0 Å². The molecule has 1 heterocycles. The zero-order valence-corrected chi connectivity index (χ0v) is 12.4. The van der Waals surface area contributed by atoms with Crippen LogP contribution in [0, 0.1) is 5.92 Å². The summed E-state index contributed by atoms with van der Waals surface area (Å²) >= 11 is 13.5. The first-order valence-corrected chi connectivity index (χ1v) is 7.78. The molecule has 0 spiro atoms. The summed E-state index contributed by atoms with van der Waals surface area (Å²) in [6, 6.07) is 3.46. The number of aromatic nitrogens is 1. The first kappa shape index (κ1) is 13.2. The minimum atomic E-state index is 0.0591. The van der Waals surface area contributed by atoms with Crippen molar-refractivity contribution in [1.29, 1.82) is 0 Å². The van der Waals surface area contributed by atoms with Crippen molar-refractivity contribution in [2.45, 2.75) is 25.7 Å². The highest BCUT2D eigenvalue weighted by Crippen LogP contribution is 2.36. The van der Waals surface area contributed by atoms with Gasteiger partial charge in [-0.3, -0.25) is 4.79 Å². The van der Waals surface area contributed by atoms with Crippen LogP contribution in [0.15, 0.2) is 12.1 Å². The fourth-order valence-electron chi connectivity index (χ4n) is 2.39. The SMILES string of the molecule is O=C(Nc1nc2c(Cl)ccc(Cl)c2s1)C1CCCC1. The summed E-state index contributed by atoms with van der Waals surface area (Å²) in [6.45, 7) is 0. The number of carbonyl (C=O) groups excluding carboxylic acids is 1. The molecule has 0 saturated heterocycles. The van der Waals surface area contributed by atoms with E-state index in [2.05, 4.69) is 10.3 Å². The third-order valence-corrected chi connectivity index (χ3v) is 5.14. The number of nitrogens with zero attached hydrogens (tertiary/aromatic N) is 1. The van der Waals surface area contributed by atoms with E-state index in [4.69, 9.17) is 23.2 Å². The van der Waals surface area contributed by atoms with Crippen LogP contribution in [0.4, 0.5) is 5.13 Å². The Hall–Kier alpha value is -0.840. The fourth-order valence-corrected chi connectivity index (χ4v) is 3.82. The van der Waals surface area contributed by atoms with Gasteiger partial charge in [-0.05, 0) is 25.0 Å². The minimum Gasteiger partial charge on any atom is -0.302 e. The zero-order chi connectivity index (χ0) is 13.4. The Morgan fingerprint density at radius 1 is 1.26 bits per heavy atom. The van der Waals surface area contributed by atoms with Crippen molar-refractivity contribution in [3.63, 3.8) is 0 Å². The Morgan fingerprint density at radius 2 is 1.95 bits per heavy atom. The Morgan fingerprint density at radius 3 is 2.63 bits per heavy atom. The molecule has 19 heavy (non-hydrogen) atoms. The highest BCUT2D eigenvalue weighted by Gasteiger charge is 2.23. The van der Waals surface area contributed by atoms with Crippen LogP contribution < -0.4 is 5.32 Å². The Bertz CT molecular complexity index is 596. The van der Waals surface area contributed by atoms with Crippen molar-refractivity contribution in [3.8, 4) is 0 Å². The van der Waals surface area contributed by atoms with Crippen molar-refractivity contribution in [2.75, 3.05) is 5.32 Å². The summed E-state index contributed by atoms with van der Waals surface area (Å²) in [6.07, 6.45) is 4.21. The van der Waals surface area contributed by atoms with E-state index in [1.54, 1.807) is 12.1 Å². The number of thiazole rings is 1. The van der Waals surface area contributed by atoms with Gasteiger partial charge < -0.3 is 5.32 Å². The van der Waals surface area contributed by atoms with Gasteiger partial charge in [-0.2, -0.15) is 0 Å². The predicted octanol–water partition coefficient (Wildman–Crippen LogP) is 4.73. The summed E-state index contributed by atoms with van der Waals surface area (Å²) < 4.78 is 0.816. The molecule has 3 nitrogen and oxygen atoms in total. The average molecular weight is 315 g/mol. The van der Waals surface area contributed by atoms with Gasteiger partial charge in [0.2, 0.25) is 5.91 Å². The van der Waals surface area contributed by atoms with E-state index in [0.29, 0.717) is 20.7 Å². The topological polar surface area (TPSA) is 42.0 Å². The summed E-state index contributed by atoms with van der Waals surface area (Å²) in [7, 11) is 0. The lowest BCUT2D eigenvalue weighted by atomic mass is 10.1. The Kier molecular flexibility index (Phi) is 3.65. The summed E-state index contributed by atoms with van der Waals surface area (Å²) in [4.78, 5) is 16.4. The maximum atomic E-state index is 12.1. The normalized spacial score (nSPS) is 16.1. The highest BCUT2D eigenvalue weighted by molar-refractivity contribution is 7.23. The largest absolute Gasteiger partial charge is 0.302 e. The molecule has 0 aliphatic heterocycles. The standard InChI is InChI=1S/C13H12Cl2N2OS/c14-8-5-6-9(15)11-10(8)16-13(19-11)17-12(18)7-3-1-2-4-7/h5-7H,1-4H2,(H,16,17,18). The molecular formula is C13H12Cl2N2OS. The maximum Gasteiger partial charge on any atom is 0.229 e. The Balaban J connectivity index is 1.87. The number of hydrogen-bond acceptors (Lipinski definition) is 3. The van der Waals surface area contributed by atoms with Crippen LogP contribution in [0.3, 0.4) is 0 Å². The molecule has 6 heteroatoms. The van der Waals surface area contributed by atoms with Crippen molar-refractivity contribution in [2.24, 2.45) is 5.92 Å². The van der Waals surface area contributed by atoms with Crippen LogP contribution in [-0.2, 0) is 4.79 Å². The molecule has 1 saturated carbocycles. The minimum absolute atomic E-state index is 0.0591. The van der Waals surface area contributed by atoms with E-state index in [-0.39, 0.29) is 11.8 Å². The smallest absolute Gasteiger partial charge is 0.229 e. The molecule has 100 valence electrons. The molecule has 0 bridgehead atoms. The maximum absolute atomic E-state index is 12.1. The molecule has 0 radical (unpaired) electrons. The molecule has 1 aliphatic carbocycles. The van der Waals surface area contributed by atoms with Crippen LogP contribution in [0.2, 0.25) is 10.0 Å². The lowest BCUT2D eigenvalue weighted by Crippen LogP contribution is -2.20. The summed E-state index contributed by atoms with van der Waals surface area (Å²) in [5.74, 6) is 0.182. The van der Waals surface area contributed by atoms with Gasteiger partial charge in [0.05, 0.1) is 14.7 Å². The highest BCUT2D eigenvalue weighted by atomic mass is 35.5. The number of nitrogens with one attached hydrogen (secondary N) is 1. The first-order chi connectivity index (χ1) is 9.15. The lowest BCUT2D eigenvalue weighted by molar-refractivity contribution is -0.119. The van der Waals surface area contributed by atoms with E-state index in [9.17, 15) is 4.79 Å². The third kappa shape index (κ3) is 2.57. The molecule has 1 aromatic heterocycles. The van der Waals surface area contributed by atoms with Crippen molar-refractivity contribution in [3.05, 3.63) is 22.2 Å². The van der Waals surface area contributed by atoms with E-state index >= 15 is 0 Å². The van der Waals surface area contributed by atoms with Gasteiger partial charge in [0.15, 0.2) is 5.13 Å². The molecule has 3 rings (SSSR count). The zero-order valence-electron chi connectivity index (χ0n) is 10.1. The molecular weight excluding hydrogens is 303 g/mol. The quantitative estimate of drug-likeness (QED) is 0.870. The van der Waals surface area contributed by atoms with Gasteiger partial charge in [0, 0.05) is 5.92 Å². The van der Waals surface area contributed by atoms with E-state index < -0.39 is 0 Å². The number of halogens is 2. The molecule has 1 fully saturated rings. The number of carbonyl (C=O) groups is 1. The second-order valence-electron chi connectivity index (χ2n) is 4.70. The molecule has 0 atom stereocenters. The number of amides is 1. The molecule has 0 unspecified atom stereocenters. The van der Waals surface area contributed by atoms with Gasteiger partial charge >= 0.3 is 0 Å². The van der Waals surface area contributed by atoms with Crippen LogP contribution in [0.1, 0.15) is 25.7 Å². The molecule has 1 N–H and O–H groups in total. The van der Waals surface area contributed by atoms with Gasteiger partial charge in [0.1, 0.15) is 5.52 Å². The van der Waals surface area contributed by atoms with Crippen molar-refractivity contribution < 1.29 is 4.79 Å². The molecule has 1 aromatic carbocycles. The lowest BCUT2D eigenvalue weighted by Gasteiger charge is -2.07. The number of fused-ring (bicyclic) bond motifs is 1. The number of benzene rings is 1. The fraction of sp³-hybridized carbons (Fsp3) is 0.385. The summed E-state index contributed by atoms with van der Waals surface area (Å²) in [5.41, 5.74) is 0.654. The van der Waals surface area contributed by atoms with E-state index in [1.807, 2.05) is 0 Å². The van der Waals surface area contributed by atoms with E-state index in [1.165, 1.54) is 11.3 Å². The van der Waals surface area contributed by atoms with Crippen LogP contribution in [0.25, 0.3) is 10.2 Å². The van der Waals surface area contributed by atoms with Gasteiger partial charge in [-0.15, -0.1) is 0 Å². The van der Waals surface area contributed by atoms with Gasteiger partial charge in [-0.25, -0.2) is 4.98 Å².